The van der Waals surface area contributed by atoms with Gasteiger partial charge in [0.25, 0.3) is 5.91 Å². The van der Waals surface area contributed by atoms with Crippen molar-refractivity contribution in [3.8, 4) is 11.8 Å². The Morgan fingerprint density at radius 2 is 2.21 bits per heavy atom. The molecule has 2 aliphatic carbocycles. The summed E-state index contributed by atoms with van der Waals surface area (Å²) in [6.45, 7) is 3.71. The molecule has 3 atom stereocenters. The van der Waals surface area contributed by atoms with Gasteiger partial charge in [0.05, 0.1) is 6.04 Å². The molecule has 0 spiro atoms. The topological polar surface area (TPSA) is 78.5 Å². The lowest BCUT2D eigenvalue weighted by atomic mass is 9.87. The first kappa shape index (κ1) is 24.2. The minimum atomic E-state index is -0.612. The molecular formula is C28H35N3O3. The molecule has 1 heterocycles. The molecule has 4 rings (SSSR count). The molecule has 0 radical (unpaired) electrons. The molecule has 0 bridgehead atoms. The Labute approximate surface area is 202 Å². The van der Waals surface area contributed by atoms with Crippen LogP contribution in [-0.2, 0) is 16.1 Å². The monoisotopic (exact) mass is 461 g/mol. The minimum absolute atomic E-state index is 0.139. The van der Waals surface area contributed by atoms with Gasteiger partial charge in [-0.25, -0.2) is 0 Å². The van der Waals surface area contributed by atoms with Crippen LogP contribution in [0.15, 0.2) is 29.8 Å². The average Bonchev–Trinajstić information content (AvgIpc) is 3.52. The van der Waals surface area contributed by atoms with Gasteiger partial charge in [0.2, 0.25) is 5.91 Å². The molecule has 6 heteroatoms. The number of nitrogens with one attached hydrogen (secondary N) is 2. The van der Waals surface area contributed by atoms with Gasteiger partial charge in [-0.15, -0.1) is 0 Å². The lowest BCUT2D eigenvalue weighted by molar-refractivity contribution is -0.121. The van der Waals surface area contributed by atoms with Crippen LogP contribution in [0.3, 0.4) is 0 Å². The first-order chi connectivity index (χ1) is 16.4. The van der Waals surface area contributed by atoms with Crippen LogP contribution in [0.1, 0.15) is 79.8 Å². The average molecular weight is 462 g/mol. The van der Waals surface area contributed by atoms with Crippen LogP contribution in [0, 0.1) is 17.8 Å². The van der Waals surface area contributed by atoms with E-state index >= 15 is 0 Å². The SMILES string of the molecule is CNC(=O)CCC(C=O)N1Cc2c(C#CCCCCNC3(C)CC=C4CC4C3)cccc2C1=O. The van der Waals surface area contributed by atoms with E-state index in [1.165, 1.54) is 12.8 Å². The minimum Gasteiger partial charge on any atom is -0.359 e. The number of fused-ring (bicyclic) bond motifs is 2. The van der Waals surface area contributed by atoms with Crippen molar-refractivity contribution in [2.75, 3.05) is 13.6 Å². The van der Waals surface area contributed by atoms with Gasteiger partial charge in [0.1, 0.15) is 6.29 Å². The molecule has 1 fully saturated rings. The number of allylic oxidation sites excluding steroid dienone is 1. The van der Waals surface area contributed by atoms with Crippen molar-refractivity contribution < 1.29 is 14.4 Å². The number of carbonyl (C=O) groups is 3. The van der Waals surface area contributed by atoms with E-state index in [1.54, 1.807) is 23.6 Å². The van der Waals surface area contributed by atoms with E-state index in [4.69, 9.17) is 0 Å². The van der Waals surface area contributed by atoms with Crippen LogP contribution >= 0.6 is 0 Å². The second-order valence-electron chi connectivity index (χ2n) is 10.0. The normalized spacial score (nSPS) is 23.2. The van der Waals surface area contributed by atoms with Crippen LogP contribution in [-0.4, -0.2) is 48.2 Å². The third-order valence-electron chi connectivity index (χ3n) is 7.36. The number of nitrogens with zero attached hydrogens (tertiary/aromatic N) is 1. The Kier molecular flexibility index (Phi) is 7.53. The molecule has 1 aromatic carbocycles. The summed E-state index contributed by atoms with van der Waals surface area (Å²) in [5.41, 5.74) is 4.25. The van der Waals surface area contributed by atoms with E-state index in [-0.39, 0.29) is 23.8 Å². The standard InChI is InChI=1S/C28H35N3O3/c1-28(14-13-21-16-22(21)17-28)30-15-6-4-3-5-8-20-9-7-10-24-25(20)18-31(27(24)34)23(19-32)11-12-26(33)29-2/h7,9-10,13,19,22-23,30H,3-4,6,11-12,14-18H2,1-2H3,(H,29,33). The smallest absolute Gasteiger partial charge is 0.255 e. The summed E-state index contributed by atoms with van der Waals surface area (Å²) in [5, 5.41) is 6.31. The van der Waals surface area contributed by atoms with Gasteiger partial charge < -0.3 is 20.3 Å². The predicted molar refractivity (Wildman–Crippen MR) is 132 cm³/mol. The fraction of sp³-hybridized carbons (Fsp3) is 0.536. The Balaban J connectivity index is 1.27. The quantitative estimate of drug-likeness (QED) is 0.242. The predicted octanol–water partition coefficient (Wildman–Crippen LogP) is 3.35. The highest BCUT2D eigenvalue weighted by Crippen LogP contribution is 2.48. The van der Waals surface area contributed by atoms with Crippen molar-refractivity contribution in [3.05, 3.63) is 46.5 Å². The Morgan fingerprint density at radius 3 is 2.97 bits per heavy atom. The van der Waals surface area contributed by atoms with E-state index in [2.05, 4.69) is 35.5 Å². The third-order valence-corrected chi connectivity index (χ3v) is 7.36. The number of carbonyl (C=O) groups excluding carboxylic acids is 3. The molecule has 2 N–H and O–H groups in total. The maximum absolute atomic E-state index is 12.9. The number of rotatable bonds is 10. The molecule has 0 aromatic heterocycles. The van der Waals surface area contributed by atoms with Gasteiger partial charge in [0, 0.05) is 43.1 Å². The largest absolute Gasteiger partial charge is 0.359 e. The lowest BCUT2D eigenvalue weighted by Crippen LogP contribution is -2.43. The zero-order valence-electron chi connectivity index (χ0n) is 20.3. The lowest BCUT2D eigenvalue weighted by Gasteiger charge is -2.32. The summed E-state index contributed by atoms with van der Waals surface area (Å²) < 4.78 is 0. The zero-order chi connectivity index (χ0) is 24.1. The van der Waals surface area contributed by atoms with Gasteiger partial charge in [-0.2, -0.15) is 0 Å². The number of amides is 2. The van der Waals surface area contributed by atoms with Crippen molar-refractivity contribution >= 4 is 18.1 Å². The highest BCUT2D eigenvalue weighted by atomic mass is 16.2. The summed E-state index contributed by atoms with van der Waals surface area (Å²) in [5.74, 6) is 7.06. The van der Waals surface area contributed by atoms with Gasteiger partial charge in [0.15, 0.2) is 0 Å². The fourth-order valence-corrected chi connectivity index (χ4v) is 5.13. The van der Waals surface area contributed by atoms with E-state index in [0.29, 0.717) is 18.5 Å². The maximum Gasteiger partial charge on any atom is 0.255 e. The second-order valence-corrected chi connectivity index (χ2v) is 10.0. The molecule has 180 valence electrons. The van der Waals surface area contributed by atoms with Crippen molar-refractivity contribution in [2.45, 2.75) is 76.4 Å². The number of benzene rings is 1. The van der Waals surface area contributed by atoms with E-state index < -0.39 is 6.04 Å². The van der Waals surface area contributed by atoms with Crippen LogP contribution in [0.4, 0.5) is 0 Å². The third kappa shape index (κ3) is 5.59. The Bertz CT molecular complexity index is 1050. The van der Waals surface area contributed by atoms with Crippen molar-refractivity contribution in [1.29, 1.82) is 0 Å². The number of hydrogen-bond donors (Lipinski definition) is 2. The van der Waals surface area contributed by atoms with Crippen LogP contribution in [0.2, 0.25) is 0 Å². The van der Waals surface area contributed by atoms with E-state index in [1.807, 2.05) is 12.1 Å². The van der Waals surface area contributed by atoms with E-state index in [0.717, 1.165) is 55.6 Å². The van der Waals surface area contributed by atoms with Gasteiger partial charge >= 0.3 is 0 Å². The number of unbranched alkanes of at least 4 members (excludes halogenated alkanes) is 2. The van der Waals surface area contributed by atoms with Crippen LogP contribution in [0.25, 0.3) is 0 Å². The first-order valence-electron chi connectivity index (χ1n) is 12.5. The molecular weight excluding hydrogens is 426 g/mol. The van der Waals surface area contributed by atoms with Crippen molar-refractivity contribution in [2.24, 2.45) is 5.92 Å². The molecule has 1 saturated carbocycles. The zero-order valence-corrected chi connectivity index (χ0v) is 20.3. The van der Waals surface area contributed by atoms with E-state index in [9.17, 15) is 14.4 Å². The molecule has 1 aliphatic heterocycles. The molecule has 3 unspecified atom stereocenters. The van der Waals surface area contributed by atoms with Crippen molar-refractivity contribution in [1.82, 2.24) is 15.5 Å². The molecule has 0 saturated heterocycles. The van der Waals surface area contributed by atoms with Crippen molar-refractivity contribution in [3.63, 3.8) is 0 Å². The van der Waals surface area contributed by atoms with Gasteiger partial charge in [-0.3, -0.25) is 9.59 Å². The molecule has 3 aliphatic rings. The highest BCUT2D eigenvalue weighted by Gasteiger charge is 2.40. The maximum atomic E-state index is 12.9. The number of aldehydes is 1. The van der Waals surface area contributed by atoms with Crippen LogP contribution in [0.5, 0.6) is 0 Å². The number of hydrogen-bond acceptors (Lipinski definition) is 4. The van der Waals surface area contributed by atoms with Gasteiger partial charge in [-0.1, -0.05) is 29.6 Å². The molecule has 1 aromatic rings. The van der Waals surface area contributed by atoms with Gasteiger partial charge in [-0.05, 0) is 75.6 Å². The Hall–Kier alpha value is -2.91. The van der Waals surface area contributed by atoms with Crippen LogP contribution < -0.4 is 10.6 Å². The first-order valence-corrected chi connectivity index (χ1v) is 12.5. The summed E-state index contributed by atoms with van der Waals surface area (Å²) in [7, 11) is 1.56. The molecule has 34 heavy (non-hydrogen) atoms. The summed E-state index contributed by atoms with van der Waals surface area (Å²) in [6.07, 6.45) is 10.4. The summed E-state index contributed by atoms with van der Waals surface area (Å²) >= 11 is 0. The summed E-state index contributed by atoms with van der Waals surface area (Å²) in [6, 6.07) is 4.97. The Morgan fingerprint density at radius 1 is 1.35 bits per heavy atom. The molecule has 6 nitrogen and oxygen atoms in total. The molecule has 2 amide bonds. The fourth-order valence-electron chi connectivity index (χ4n) is 5.13. The summed E-state index contributed by atoms with van der Waals surface area (Å²) in [4.78, 5) is 37.7. The second kappa shape index (κ2) is 10.6. The highest BCUT2D eigenvalue weighted by molar-refractivity contribution is 6.00.